The van der Waals surface area contributed by atoms with Crippen LogP contribution in [0.1, 0.15) is 44.6 Å². The van der Waals surface area contributed by atoms with Crippen molar-refractivity contribution in [1.29, 1.82) is 0 Å². The lowest BCUT2D eigenvalue weighted by molar-refractivity contribution is -0.137. The van der Waals surface area contributed by atoms with Crippen LogP contribution < -0.4 is 5.56 Å². The smallest absolute Gasteiger partial charge is 0.261 e. The fourth-order valence-corrected chi connectivity index (χ4v) is 4.16. The summed E-state index contributed by atoms with van der Waals surface area (Å²) in [5.74, 6) is 0.495. The molecule has 5 heteroatoms. The number of benzene rings is 1. The number of nitrogens with zero attached hydrogens (tertiary/aromatic N) is 3. The Morgan fingerprint density at radius 2 is 1.88 bits per heavy atom. The highest BCUT2D eigenvalue weighted by atomic mass is 16.2. The van der Waals surface area contributed by atoms with E-state index in [0.717, 1.165) is 37.7 Å². The minimum Gasteiger partial charge on any atom is -0.340 e. The molecule has 0 bridgehead atoms. The molecule has 0 radical (unpaired) electrons. The Labute approximate surface area is 141 Å². The van der Waals surface area contributed by atoms with Crippen molar-refractivity contribution in [3.05, 3.63) is 40.9 Å². The Kier molecular flexibility index (Phi) is 4.08. The lowest BCUT2D eigenvalue weighted by atomic mass is 10.0. The van der Waals surface area contributed by atoms with E-state index in [4.69, 9.17) is 0 Å². The topological polar surface area (TPSA) is 55.2 Å². The summed E-state index contributed by atoms with van der Waals surface area (Å²) in [5, 5.41) is 0.652. The number of fused-ring (bicyclic) bond motifs is 1. The van der Waals surface area contributed by atoms with Crippen LogP contribution in [0, 0.1) is 5.92 Å². The van der Waals surface area contributed by atoms with Gasteiger partial charge in [0.25, 0.3) is 5.56 Å². The quantitative estimate of drug-likeness (QED) is 0.853. The van der Waals surface area contributed by atoms with Crippen LogP contribution in [0.3, 0.4) is 0 Å². The number of hydrogen-bond donors (Lipinski definition) is 0. The van der Waals surface area contributed by atoms with Gasteiger partial charge in [-0.1, -0.05) is 25.0 Å². The summed E-state index contributed by atoms with van der Waals surface area (Å²) in [5.41, 5.74) is 0.731. The number of piperidine rings is 1. The van der Waals surface area contributed by atoms with Gasteiger partial charge in [-0.2, -0.15) is 0 Å². The SMILES string of the molecule is O=C(C1CCCC1)N1CCC[C@H](n2cnc3ccccc3c2=O)C1. The highest BCUT2D eigenvalue weighted by Gasteiger charge is 2.31. The number of amides is 1. The predicted molar refractivity (Wildman–Crippen MR) is 92.8 cm³/mol. The third kappa shape index (κ3) is 2.72. The van der Waals surface area contributed by atoms with Gasteiger partial charge in [0.15, 0.2) is 0 Å². The zero-order valence-electron chi connectivity index (χ0n) is 13.9. The number of likely N-dealkylation sites (tertiary alicyclic amines) is 1. The maximum atomic E-state index is 12.8. The first-order valence-corrected chi connectivity index (χ1v) is 8.99. The molecule has 2 fully saturated rings. The number of rotatable bonds is 2. The zero-order chi connectivity index (χ0) is 16.5. The minimum absolute atomic E-state index is 0.000709. The molecule has 0 unspecified atom stereocenters. The molecule has 1 aromatic heterocycles. The molecule has 0 N–H and O–H groups in total. The molecule has 126 valence electrons. The normalized spacial score (nSPS) is 22.2. The molecular formula is C19H23N3O2. The van der Waals surface area contributed by atoms with Gasteiger partial charge in [0, 0.05) is 19.0 Å². The predicted octanol–water partition coefficient (Wildman–Crippen LogP) is 2.75. The molecular weight excluding hydrogens is 302 g/mol. The molecule has 0 spiro atoms. The Hall–Kier alpha value is -2.17. The monoisotopic (exact) mass is 325 g/mol. The standard InChI is InChI=1S/C19H23N3O2/c23-18(14-6-1-2-7-14)21-11-5-8-15(12-21)22-13-20-17-10-4-3-9-16(17)19(22)24/h3-4,9-10,13-15H,1-2,5-8,11-12H2/t15-/m0/s1. The highest BCUT2D eigenvalue weighted by molar-refractivity contribution is 5.79. The lowest BCUT2D eigenvalue weighted by Crippen LogP contribution is -2.44. The third-order valence-electron chi connectivity index (χ3n) is 5.50. The van der Waals surface area contributed by atoms with Gasteiger partial charge < -0.3 is 4.90 Å². The highest BCUT2D eigenvalue weighted by Crippen LogP contribution is 2.29. The third-order valence-corrected chi connectivity index (χ3v) is 5.50. The Bertz CT molecular complexity index is 808. The molecule has 2 heterocycles. The molecule has 2 aliphatic rings. The van der Waals surface area contributed by atoms with Crippen LogP contribution in [-0.4, -0.2) is 33.4 Å². The number of para-hydroxylation sites is 1. The summed E-state index contributed by atoms with van der Waals surface area (Å²) in [6, 6.07) is 7.48. The van der Waals surface area contributed by atoms with Gasteiger partial charge in [0.05, 0.1) is 23.3 Å². The summed E-state index contributed by atoms with van der Waals surface area (Å²) < 4.78 is 1.73. The summed E-state index contributed by atoms with van der Waals surface area (Å²) in [7, 11) is 0. The van der Waals surface area contributed by atoms with Gasteiger partial charge >= 0.3 is 0 Å². The minimum atomic E-state index is 0.000709. The van der Waals surface area contributed by atoms with E-state index in [1.807, 2.05) is 29.2 Å². The fraction of sp³-hybridized carbons (Fsp3) is 0.526. The zero-order valence-corrected chi connectivity index (χ0v) is 13.9. The first kappa shape index (κ1) is 15.4. The van der Waals surface area contributed by atoms with E-state index in [-0.39, 0.29) is 17.5 Å². The van der Waals surface area contributed by atoms with Crippen LogP contribution in [0.2, 0.25) is 0 Å². The van der Waals surface area contributed by atoms with Crippen molar-refractivity contribution >= 4 is 16.8 Å². The van der Waals surface area contributed by atoms with Gasteiger partial charge in [0.1, 0.15) is 0 Å². The average molecular weight is 325 g/mol. The molecule has 1 aliphatic carbocycles. The van der Waals surface area contributed by atoms with Crippen molar-refractivity contribution in [1.82, 2.24) is 14.5 Å². The van der Waals surface area contributed by atoms with Crippen LogP contribution in [0.4, 0.5) is 0 Å². The van der Waals surface area contributed by atoms with E-state index in [1.54, 1.807) is 10.9 Å². The second kappa shape index (κ2) is 6.38. The van der Waals surface area contributed by atoms with Gasteiger partial charge in [-0.05, 0) is 37.8 Å². The van der Waals surface area contributed by atoms with Crippen molar-refractivity contribution in [2.24, 2.45) is 5.92 Å². The van der Waals surface area contributed by atoms with E-state index in [9.17, 15) is 9.59 Å². The van der Waals surface area contributed by atoms with Crippen molar-refractivity contribution in [3.63, 3.8) is 0 Å². The first-order chi connectivity index (χ1) is 11.7. The van der Waals surface area contributed by atoms with E-state index in [1.165, 1.54) is 12.8 Å². The van der Waals surface area contributed by atoms with Crippen LogP contribution in [0.15, 0.2) is 35.4 Å². The van der Waals surface area contributed by atoms with Crippen LogP contribution in [-0.2, 0) is 4.79 Å². The summed E-state index contributed by atoms with van der Waals surface area (Å²) >= 11 is 0. The molecule has 1 saturated carbocycles. The van der Waals surface area contributed by atoms with Crippen molar-refractivity contribution < 1.29 is 4.79 Å². The summed E-state index contributed by atoms with van der Waals surface area (Å²) in [6.07, 6.45) is 7.91. The summed E-state index contributed by atoms with van der Waals surface area (Å²) in [6.45, 7) is 1.46. The maximum absolute atomic E-state index is 12.8. The van der Waals surface area contributed by atoms with Gasteiger partial charge in [-0.15, -0.1) is 0 Å². The van der Waals surface area contributed by atoms with Crippen LogP contribution in [0.5, 0.6) is 0 Å². The van der Waals surface area contributed by atoms with E-state index in [0.29, 0.717) is 17.8 Å². The maximum Gasteiger partial charge on any atom is 0.261 e. The lowest BCUT2D eigenvalue weighted by Gasteiger charge is -2.35. The molecule has 1 amide bonds. The Balaban J connectivity index is 1.59. The van der Waals surface area contributed by atoms with Crippen molar-refractivity contribution in [2.45, 2.75) is 44.6 Å². The van der Waals surface area contributed by atoms with Gasteiger partial charge in [-0.25, -0.2) is 4.98 Å². The second-order valence-electron chi connectivity index (χ2n) is 7.04. The Morgan fingerprint density at radius 3 is 2.71 bits per heavy atom. The van der Waals surface area contributed by atoms with Crippen molar-refractivity contribution in [2.75, 3.05) is 13.1 Å². The number of aromatic nitrogens is 2. The van der Waals surface area contributed by atoms with Gasteiger partial charge in [-0.3, -0.25) is 14.2 Å². The number of carbonyl (C=O) groups is 1. The summed E-state index contributed by atoms with van der Waals surface area (Å²) in [4.78, 5) is 31.9. The Morgan fingerprint density at radius 1 is 1.08 bits per heavy atom. The largest absolute Gasteiger partial charge is 0.340 e. The number of hydrogen-bond acceptors (Lipinski definition) is 3. The molecule has 2 aromatic rings. The average Bonchev–Trinajstić information content (AvgIpc) is 3.16. The van der Waals surface area contributed by atoms with E-state index >= 15 is 0 Å². The molecule has 4 rings (SSSR count). The molecule has 5 nitrogen and oxygen atoms in total. The molecule has 1 aliphatic heterocycles. The second-order valence-corrected chi connectivity index (χ2v) is 7.04. The van der Waals surface area contributed by atoms with Crippen LogP contribution in [0.25, 0.3) is 10.9 Å². The van der Waals surface area contributed by atoms with Gasteiger partial charge in [0.2, 0.25) is 5.91 Å². The molecule has 1 atom stereocenters. The first-order valence-electron chi connectivity index (χ1n) is 8.99. The number of carbonyl (C=O) groups excluding carboxylic acids is 1. The molecule has 24 heavy (non-hydrogen) atoms. The fourth-order valence-electron chi connectivity index (χ4n) is 4.16. The van der Waals surface area contributed by atoms with Crippen LogP contribution >= 0.6 is 0 Å². The molecule has 1 aromatic carbocycles. The van der Waals surface area contributed by atoms with E-state index in [2.05, 4.69) is 4.98 Å². The molecule has 1 saturated heterocycles. The van der Waals surface area contributed by atoms with Crippen molar-refractivity contribution in [3.8, 4) is 0 Å². The van der Waals surface area contributed by atoms with E-state index < -0.39 is 0 Å².